The topological polar surface area (TPSA) is 3.24 Å². The Morgan fingerprint density at radius 3 is 1.62 bits per heavy atom. The summed E-state index contributed by atoms with van der Waals surface area (Å²) in [7, 11) is 0. The summed E-state index contributed by atoms with van der Waals surface area (Å²) in [6.45, 7) is 20.1. The molecule has 1 nitrogen and oxygen atoms in total. The highest BCUT2D eigenvalue weighted by Crippen LogP contribution is 2.25. The lowest BCUT2D eigenvalue weighted by molar-refractivity contribution is 0.575. The zero-order valence-electron chi connectivity index (χ0n) is 19.0. The van der Waals surface area contributed by atoms with E-state index in [0.29, 0.717) is 0 Å². The molecule has 0 spiro atoms. The summed E-state index contributed by atoms with van der Waals surface area (Å²) in [4.78, 5) is 2.17. The molecule has 29 heavy (non-hydrogen) atoms. The molecule has 0 aromatic carbocycles. The zero-order chi connectivity index (χ0) is 22.1. The van der Waals surface area contributed by atoms with Gasteiger partial charge in [0.2, 0.25) is 0 Å². The third-order valence-corrected chi connectivity index (χ3v) is 4.17. The van der Waals surface area contributed by atoms with E-state index in [9.17, 15) is 0 Å². The average molecular weight is 388 g/mol. The van der Waals surface area contributed by atoms with E-state index in [4.69, 9.17) is 0 Å². The van der Waals surface area contributed by atoms with E-state index in [1.165, 1.54) is 5.57 Å². The largest absolute Gasteiger partial charge is 0.311 e. The van der Waals surface area contributed by atoms with Gasteiger partial charge in [-0.3, -0.25) is 0 Å². The summed E-state index contributed by atoms with van der Waals surface area (Å²) in [6, 6.07) is 0. The maximum Gasteiger partial charge on any atom is 0.0455 e. The standard InChI is InChI=1S/C28H37N/c1-9-17-18-21-24(12-4)25(13-5)22-23-28(16-8)29(26(14-6)19-10-2)27(15-7)20-11-3/h9-23H,2,6H2,1,3-5,7-8H3/b17-9-,20-11-,21-18+,23-22-,24-12-,25-13+,26-19+,27-15+,28-16+. The molecular formula is C28H37N. The van der Waals surface area contributed by atoms with Crippen LogP contribution in [0.3, 0.4) is 0 Å². The van der Waals surface area contributed by atoms with Gasteiger partial charge in [0.1, 0.15) is 0 Å². The fourth-order valence-corrected chi connectivity index (χ4v) is 2.74. The molecule has 0 amide bonds. The molecule has 0 bridgehead atoms. The van der Waals surface area contributed by atoms with Gasteiger partial charge in [-0.05, 0) is 77.0 Å². The maximum absolute atomic E-state index is 3.99. The van der Waals surface area contributed by atoms with Crippen LogP contribution in [0.5, 0.6) is 0 Å². The molecule has 0 heterocycles. The maximum atomic E-state index is 3.99. The Balaban J connectivity index is 6.23. The van der Waals surface area contributed by atoms with E-state index >= 15 is 0 Å². The van der Waals surface area contributed by atoms with Gasteiger partial charge in [0, 0.05) is 17.1 Å². The molecule has 1 heteroatoms. The molecule has 0 atom stereocenters. The van der Waals surface area contributed by atoms with Gasteiger partial charge < -0.3 is 4.90 Å². The average Bonchev–Trinajstić information content (AvgIpc) is 2.75. The Hall–Kier alpha value is -3.06. The SMILES string of the molecule is C=C/C=C(\C=C)N(C(/C=C\C)=C/C)C(/C=C\C(=C/C)C(=C/C)\C=C\C=C/C)=C/C. The Morgan fingerprint density at radius 2 is 1.17 bits per heavy atom. The van der Waals surface area contributed by atoms with E-state index in [-0.39, 0.29) is 0 Å². The van der Waals surface area contributed by atoms with Crippen molar-refractivity contribution in [2.24, 2.45) is 0 Å². The second-order valence-corrected chi connectivity index (χ2v) is 6.00. The first-order valence-electron chi connectivity index (χ1n) is 10.1. The van der Waals surface area contributed by atoms with Crippen molar-refractivity contribution in [3.05, 3.63) is 133 Å². The summed E-state index contributed by atoms with van der Waals surface area (Å²) in [6.07, 6.45) is 30.7. The van der Waals surface area contributed by atoms with Gasteiger partial charge in [0.05, 0.1) is 0 Å². The van der Waals surface area contributed by atoms with Gasteiger partial charge in [-0.25, -0.2) is 0 Å². The molecule has 154 valence electrons. The highest BCUT2D eigenvalue weighted by Gasteiger charge is 2.13. The van der Waals surface area contributed by atoms with Gasteiger partial charge in [-0.1, -0.05) is 80.0 Å². The molecule has 0 unspecified atom stereocenters. The zero-order valence-corrected chi connectivity index (χ0v) is 19.0. The van der Waals surface area contributed by atoms with Crippen LogP contribution in [0.2, 0.25) is 0 Å². The molecule has 0 rings (SSSR count). The van der Waals surface area contributed by atoms with Crippen molar-refractivity contribution in [3.8, 4) is 0 Å². The minimum absolute atomic E-state index is 0.963. The Kier molecular flexibility index (Phi) is 14.3. The molecular weight excluding hydrogens is 350 g/mol. The molecule has 0 aromatic heterocycles. The number of hydrogen-bond acceptors (Lipinski definition) is 1. The lowest BCUT2D eigenvalue weighted by Crippen LogP contribution is -2.19. The van der Waals surface area contributed by atoms with Crippen LogP contribution in [0.25, 0.3) is 0 Å². The third-order valence-electron chi connectivity index (χ3n) is 4.17. The van der Waals surface area contributed by atoms with Crippen LogP contribution in [0, 0.1) is 0 Å². The van der Waals surface area contributed by atoms with Crippen molar-refractivity contribution in [2.75, 3.05) is 0 Å². The Bertz CT molecular complexity index is 799. The van der Waals surface area contributed by atoms with Gasteiger partial charge in [0.15, 0.2) is 0 Å². The minimum Gasteiger partial charge on any atom is -0.311 e. The molecule has 0 aliphatic rings. The fraction of sp³-hybridized carbons (Fsp3) is 0.214. The van der Waals surface area contributed by atoms with E-state index in [2.05, 4.69) is 86.6 Å². The van der Waals surface area contributed by atoms with Crippen molar-refractivity contribution in [1.82, 2.24) is 4.90 Å². The van der Waals surface area contributed by atoms with Crippen LogP contribution >= 0.6 is 0 Å². The summed E-state index contributed by atoms with van der Waals surface area (Å²) < 4.78 is 0. The van der Waals surface area contributed by atoms with Crippen LogP contribution in [-0.2, 0) is 0 Å². The molecule has 0 aliphatic heterocycles. The predicted octanol–water partition coefficient (Wildman–Crippen LogP) is 8.51. The summed E-state index contributed by atoms with van der Waals surface area (Å²) in [5.41, 5.74) is 5.42. The van der Waals surface area contributed by atoms with E-state index < -0.39 is 0 Å². The molecule has 0 fully saturated rings. The second kappa shape index (κ2) is 15.9. The third kappa shape index (κ3) is 8.66. The second-order valence-electron chi connectivity index (χ2n) is 6.00. The van der Waals surface area contributed by atoms with E-state index in [1.54, 1.807) is 6.08 Å². The first-order chi connectivity index (χ1) is 14.1. The van der Waals surface area contributed by atoms with Crippen molar-refractivity contribution >= 4 is 0 Å². The number of hydrogen-bond donors (Lipinski definition) is 0. The first kappa shape index (κ1) is 25.9. The van der Waals surface area contributed by atoms with Crippen LogP contribution in [0.1, 0.15) is 41.5 Å². The predicted molar refractivity (Wildman–Crippen MR) is 133 cm³/mol. The molecule has 0 aliphatic carbocycles. The van der Waals surface area contributed by atoms with Crippen molar-refractivity contribution < 1.29 is 0 Å². The summed E-state index contributed by atoms with van der Waals surface area (Å²) in [5.74, 6) is 0. The fourth-order valence-electron chi connectivity index (χ4n) is 2.74. The first-order valence-corrected chi connectivity index (χ1v) is 10.1. The summed E-state index contributed by atoms with van der Waals surface area (Å²) in [5, 5.41) is 0. The van der Waals surface area contributed by atoms with Gasteiger partial charge in [-0.15, -0.1) is 0 Å². The molecule has 0 saturated heterocycles. The van der Waals surface area contributed by atoms with Crippen LogP contribution in [0.15, 0.2) is 133 Å². The highest BCUT2D eigenvalue weighted by atomic mass is 15.2. The monoisotopic (exact) mass is 387 g/mol. The van der Waals surface area contributed by atoms with Gasteiger partial charge >= 0.3 is 0 Å². The molecule has 0 N–H and O–H groups in total. The van der Waals surface area contributed by atoms with Crippen LogP contribution in [0.4, 0.5) is 0 Å². The van der Waals surface area contributed by atoms with E-state index in [1.807, 2.05) is 58.1 Å². The molecule has 0 saturated carbocycles. The van der Waals surface area contributed by atoms with Gasteiger partial charge in [0.25, 0.3) is 0 Å². The lowest BCUT2D eigenvalue weighted by atomic mass is 10.0. The van der Waals surface area contributed by atoms with E-state index in [0.717, 1.165) is 22.7 Å². The van der Waals surface area contributed by atoms with Crippen LogP contribution < -0.4 is 0 Å². The number of nitrogens with zero attached hydrogens (tertiary/aromatic N) is 1. The lowest BCUT2D eigenvalue weighted by Gasteiger charge is -2.28. The van der Waals surface area contributed by atoms with Gasteiger partial charge in [-0.2, -0.15) is 0 Å². The highest BCUT2D eigenvalue weighted by molar-refractivity contribution is 5.49. The van der Waals surface area contributed by atoms with Crippen molar-refractivity contribution in [1.29, 1.82) is 0 Å². The quantitative estimate of drug-likeness (QED) is 0.321. The van der Waals surface area contributed by atoms with Crippen molar-refractivity contribution in [3.63, 3.8) is 0 Å². The van der Waals surface area contributed by atoms with Crippen molar-refractivity contribution in [2.45, 2.75) is 41.5 Å². The normalized spacial score (nSPS) is 15.3. The summed E-state index contributed by atoms with van der Waals surface area (Å²) >= 11 is 0. The smallest absolute Gasteiger partial charge is 0.0455 e. The number of allylic oxidation sites excluding steroid dienone is 17. The minimum atomic E-state index is 0.963. The molecule has 0 aromatic rings. The van der Waals surface area contributed by atoms with Crippen LogP contribution in [-0.4, -0.2) is 4.90 Å². The Labute approximate surface area is 179 Å². The Morgan fingerprint density at radius 1 is 0.586 bits per heavy atom. The molecule has 0 radical (unpaired) electrons. The number of rotatable bonds is 11.